The van der Waals surface area contributed by atoms with Gasteiger partial charge in [-0.15, -0.1) is 0 Å². The van der Waals surface area contributed by atoms with Crippen LogP contribution in [0, 0.1) is 0 Å². The summed E-state index contributed by atoms with van der Waals surface area (Å²) >= 11 is 0. The van der Waals surface area contributed by atoms with Crippen LogP contribution >= 0.6 is 0 Å². The highest BCUT2D eigenvalue weighted by Crippen LogP contribution is 2.12. The van der Waals surface area contributed by atoms with Crippen molar-refractivity contribution >= 4 is 15.7 Å². The number of ether oxygens (including phenoxy) is 1. The van der Waals surface area contributed by atoms with Gasteiger partial charge in [-0.3, -0.25) is 4.79 Å². The third-order valence-corrected chi connectivity index (χ3v) is 5.57. The Kier molecular flexibility index (Phi) is 9.29. The Morgan fingerprint density at radius 1 is 1.10 bits per heavy atom. The first-order valence-corrected chi connectivity index (χ1v) is 11.9. The van der Waals surface area contributed by atoms with E-state index < -0.39 is 27.9 Å². The van der Waals surface area contributed by atoms with E-state index >= 15 is 0 Å². The van der Waals surface area contributed by atoms with Crippen LogP contribution in [-0.4, -0.2) is 57.2 Å². The minimum absolute atomic E-state index is 0.131. The van der Waals surface area contributed by atoms with Crippen molar-refractivity contribution in [1.82, 2.24) is 10.6 Å². The molecule has 0 aliphatic carbocycles. The van der Waals surface area contributed by atoms with Crippen molar-refractivity contribution in [2.75, 3.05) is 25.7 Å². The van der Waals surface area contributed by atoms with Crippen LogP contribution in [0.25, 0.3) is 0 Å². The van der Waals surface area contributed by atoms with E-state index in [1.807, 2.05) is 54.6 Å². The highest BCUT2D eigenvalue weighted by molar-refractivity contribution is 7.90. The van der Waals surface area contributed by atoms with E-state index in [2.05, 4.69) is 10.6 Å². The maximum atomic E-state index is 12.2. The molecule has 0 radical (unpaired) electrons. The van der Waals surface area contributed by atoms with Gasteiger partial charge >= 0.3 is 0 Å². The van der Waals surface area contributed by atoms with Crippen molar-refractivity contribution in [3.05, 3.63) is 65.7 Å². The monoisotopic (exact) mass is 434 g/mol. The zero-order valence-electron chi connectivity index (χ0n) is 17.4. The highest BCUT2D eigenvalue weighted by atomic mass is 32.2. The summed E-state index contributed by atoms with van der Waals surface area (Å²) in [4.78, 5) is 12.2. The van der Waals surface area contributed by atoms with Crippen LogP contribution in [0.3, 0.4) is 0 Å². The lowest BCUT2D eigenvalue weighted by atomic mass is 10.0. The van der Waals surface area contributed by atoms with E-state index in [4.69, 9.17) is 4.74 Å². The van der Waals surface area contributed by atoms with Gasteiger partial charge in [-0.1, -0.05) is 42.5 Å². The molecule has 0 fully saturated rings. The van der Waals surface area contributed by atoms with Crippen LogP contribution in [-0.2, 0) is 27.6 Å². The van der Waals surface area contributed by atoms with Gasteiger partial charge in [-0.05, 0) is 29.7 Å². The Morgan fingerprint density at radius 2 is 1.80 bits per heavy atom. The van der Waals surface area contributed by atoms with Crippen LogP contribution in [0.2, 0.25) is 0 Å². The first-order valence-electron chi connectivity index (χ1n) is 9.79. The summed E-state index contributed by atoms with van der Waals surface area (Å²) in [6.07, 6.45) is 0.554. The number of hydrogen-bond acceptors (Lipinski definition) is 6. The Labute approximate surface area is 178 Å². The molecule has 0 aliphatic rings. The molecule has 0 unspecified atom stereocenters. The average molecular weight is 435 g/mol. The fourth-order valence-corrected chi connectivity index (χ4v) is 3.55. The zero-order valence-corrected chi connectivity index (χ0v) is 18.2. The molecule has 0 bridgehead atoms. The first-order chi connectivity index (χ1) is 14.3. The second kappa shape index (κ2) is 11.7. The quantitative estimate of drug-likeness (QED) is 0.465. The molecule has 2 atom stereocenters. The van der Waals surface area contributed by atoms with Gasteiger partial charge in [0.25, 0.3) is 0 Å². The van der Waals surface area contributed by atoms with Gasteiger partial charge in [0.15, 0.2) is 0 Å². The molecular weight excluding hydrogens is 404 g/mol. The molecule has 2 aromatic carbocycles. The fourth-order valence-electron chi connectivity index (χ4n) is 3.00. The largest absolute Gasteiger partial charge is 0.497 e. The Bertz CT molecular complexity index is 903. The number of nitrogens with one attached hydrogen (secondary N) is 2. The lowest BCUT2D eigenvalue weighted by molar-refractivity contribution is -0.122. The van der Waals surface area contributed by atoms with E-state index in [-0.39, 0.29) is 18.7 Å². The SMILES string of the molecule is COc1cccc(CNC[C@@H](O)[C@H](Cc2ccccc2)NC(=O)CCS(C)(=O)=O)c1. The number of aliphatic hydroxyl groups excluding tert-OH is 1. The Balaban J connectivity index is 1.96. The molecule has 1 amide bonds. The second-order valence-corrected chi connectivity index (χ2v) is 9.55. The Hall–Kier alpha value is -2.42. The molecule has 164 valence electrons. The number of rotatable bonds is 12. The van der Waals surface area contributed by atoms with E-state index in [0.29, 0.717) is 13.0 Å². The van der Waals surface area contributed by atoms with E-state index in [1.165, 1.54) is 0 Å². The third-order valence-electron chi connectivity index (χ3n) is 4.63. The summed E-state index contributed by atoms with van der Waals surface area (Å²) in [5.74, 6) is 0.143. The number of hydrogen-bond donors (Lipinski definition) is 3. The normalized spacial score (nSPS) is 13.4. The van der Waals surface area contributed by atoms with Crippen molar-refractivity contribution in [2.45, 2.75) is 31.5 Å². The third kappa shape index (κ3) is 8.94. The Morgan fingerprint density at radius 3 is 2.47 bits per heavy atom. The molecule has 0 aromatic heterocycles. The van der Waals surface area contributed by atoms with Crippen LogP contribution in [0.15, 0.2) is 54.6 Å². The zero-order chi connectivity index (χ0) is 22.0. The highest BCUT2D eigenvalue weighted by Gasteiger charge is 2.22. The van der Waals surface area contributed by atoms with Crippen molar-refractivity contribution < 1.29 is 23.1 Å². The van der Waals surface area contributed by atoms with Gasteiger partial charge in [0.05, 0.1) is 25.0 Å². The maximum absolute atomic E-state index is 12.2. The molecule has 0 saturated carbocycles. The summed E-state index contributed by atoms with van der Waals surface area (Å²) in [5, 5.41) is 16.7. The molecule has 0 aliphatic heterocycles. The second-order valence-electron chi connectivity index (χ2n) is 7.29. The van der Waals surface area contributed by atoms with Crippen LogP contribution in [0.1, 0.15) is 17.5 Å². The first kappa shape index (κ1) is 23.9. The van der Waals surface area contributed by atoms with Crippen LogP contribution in [0.5, 0.6) is 5.75 Å². The molecule has 2 rings (SSSR count). The molecule has 30 heavy (non-hydrogen) atoms. The number of carbonyl (C=O) groups is 1. The molecule has 0 saturated heterocycles. The van der Waals surface area contributed by atoms with Crippen LogP contribution < -0.4 is 15.4 Å². The van der Waals surface area contributed by atoms with Gasteiger partial charge in [-0.25, -0.2) is 8.42 Å². The number of sulfone groups is 1. The fraction of sp³-hybridized carbons (Fsp3) is 0.409. The summed E-state index contributed by atoms with van der Waals surface area (Å²) in [6.45, 7) is 0.801. The van der Waals surface area contributed by atoms with Gasteiger partial charge in [0.2, 0.25) is 5.91 Å². The minimum atomic E-state index is -3.23. The number of aliphatic hydroxyl groups is 1. The summed E-state index contributed by atoms with van der Waals surface area (Å²) < 4.78 is 27.8. The van der Waals surface area contributed by atoms with E-state index in [0.717, 1.165) is 23.1 Å². The van der Waals surface area contributed by atoms with Gasteiger partial charge < -0.3 is 20.5 Å². The van der Waals surface area contributed by atoms with Crippen molar-refractivity contribution in [3.8, 4) is 5.75 Å². The van der Waals surface area contributed by atoms with Crippen molar-refractivity contribution in [1.29, 1.82) is 0 Å². The van der Waals surface area contributed by atoms with Crippen molar-refractivity contribution in [2.24, 2.45) is 0 Å². The number of methoxy groups -OCH3 is 1. The molecular formula is C22H30N2O5S. The lowest BCUT2D eigenvalue weighted by Crippen LogP contribution is -2.48. The predicted octanol–water partition coefficient (Wildman–Crippen LogP) is 1.31. The molecule has 8 heteroatoms. The summed E-state index contributed by atoms with van der Waals surface area (Å²) in [5.41, 5.74) is 1.98. The predicted molar refractivity (Wildman–Crippen MR) is 117 cm³/mol. The number of carbonyl (C=O) groups excluding carboxylic acids is 1. The van der Waals surface area contributed by atoms with Gasteiger partial charge in [0.1, 0.15) is 15.6 Å². The minimum Gasteiger partial charge on any atom is -0.497 e. The smallest absolute Gasteiger partial charge is 0.221 e. The number of amides is 1. The van der Waals surface area contributed by atoms with Crippen LogP contribution in [0.4, 0.5) is 0 Å². The van der Waals surface area contributed by atoms with Crippen molar-refractivity contribution in [3.63, 3.8) is 0 Å². The summed E-state index contributed by atoms with van der Waals surface area (Å²) in [7, 11) is -1.62. The van der Waals surface area contributed by atoms with Gasteiger partial charge in [0, 0.05) is 25.8 Å². The lowest BCUT2D eigenvalue weighted by Gasteiger charge is -2.25. The standard InChI is InChI=1S/C22H30N2O5S/c1-29-19-10-6-9-18(13-19)15-23-16-21(25)20(14-17-7-4-3-5-8-17)24-22(26)11-12-30(2,27)28/h3-10,13,20-21,23,25H,11-12,14-16H2,1-2H3,(H,24,26)/t20-,21+/m0/s1. The topological polar surface area (TPSA) is 105 Å². The molecule has 2 aromatic rings. The van der Waals surface area contributed by atoms with Gasteiger partial charge in [-0.2, -0.15) is 0 Å². The van der Waals surface area contributed by atoms with E-state index in [9.17, 15) is 18.3 Å². The molecule has 0 heterocycles. The molecule has 3 N–H and O–H groups in total. The summed E-state index contributed by atoms with van der Waals surface area (Å²) in [6, 6.07) is 16.6. The average Bonchev–Trinajstić information content (AvgIpc) is 2.72. The number of benzene rings is 2. The molecule has 0 spiro atoms. The molecule has 7 nitrogen and oxygen atoms in total. The van der Waals surface area contributed by atoms with E-state index in [1.54, 1.807) is 7.11 Å². The maximum Gasteiger partial charge on any atom is 0.221 e.